The minimum Gasteiger partial charge on any atom is -0.459 e. The van der Waals surface area contributed by atoms with E-state index in [0.29, 0.717) is 80.9 Å². The van der Waals surface area contributed by atoms with Crippen LogP contribution in [0.1, 0.15) is 147 Å². The Morgan fingerprint density at radius 1 is 0.476 bits per heavy atom. The van der Waals surface area contributed by atoms with E-state index >= 15 is 19.2 Å². The Balaban J connectivity index is 0.772. The van der Waals surface area contributed by atoms with Crippen LogP contribution in [0.25, 0.3) is 86.2 Å². The summed E-state index contributed by atoms with van der Waals surface area (Å²) in [5, 5.41) is 13.6. The predicted octanol–water partition coefficient (Wildman–Crippen LogP) is 22.5. The van der Waals surface area contributed by atoms with Crippen LogP contribution in [0.5, 0.6) is 0 Å². The fourth-order valence-corrected chi connectivity index (χ4v) is 20.2. The van der Waals surface area contributed by atoms with Gasteiger partial charge in [0.25, 0.3) is 0 Å². The number of rotatable bonds is 16. The van der Waals surface area contributed by atoms with Crippen LogP contribution in [-0.4, -0.2) is 67.3 Å². The molecule has 0 bridgehead atoms. The van der Waals surface area contributed by atoms with Gasteiger partial charge in [-0.05, 0) is 276 Å². The third-order valence-corrected chi connectivity index (χ3v) is 25.7. The molecule has 10 heteroatoms. The SMILES string of the molecule is C/C=C(/CC[C@@H](C)[C@H]1CC[C@H]2[C@@H]3CC=C4C[C@@H](O[C@@H]5O[C@H](COC(=O)c6cccc7cc8ccccc8cc67)[C@@H](OC(=O)c6cccc7cc8ccccc8cc67)[C@H](OC(=O)c6cccc7cc8ccccc8cc67)[C@H]5OC(=O)c5cccc6cc7ccccc7cc56)CC[C@]4(C)[C@H]3CC[C@]12C)C(C)C. The third-order valence-electron chi connectivity index (χ3n) is 25.7. The fraction of sp³-hybridized carbons (Fsp3) is 0.326. The van der Waals surface area contributed by atoms with Gasteiger partial charge >= 0.3 is 23.9 Å². The molecule has 3 saturated carbocycles. The van der Waals surface area contributed by atoms with Crippen molar-refractivity contribution in [2.75, 3.05) is 6.61 Å². The highest BCUT2D eigenvalue weighted by Gasteiger charge is 2.60. The van der Waals surface area contributed by atoms with Gasteiger partial charge in [-0.15, -0.1) is 0 Å². The van der Waals surface area contributed by atoms with Gasteiger partial charge in [0.1, 0.15) is 12.7 Å². The fourth-order valence-electron chi connectivity index (χ4n) is 20.2. The molecule has 0 unspecified atom stereocenters. The lowest BCUT2D eigenvalue weighted by atomic mass is 9.47. The molecule has 0 radical (unpaired) electrons. The third kappa shape index (κ3) is 12.5. The van der Waals surface area contributed by atoms with Crippen LogP contribution in [0.4, 0.5) is 0 Å². The number of carbonyl (C=O) groups excluding carboxylic acids is 4. The summed E-state index contributed by atoms with van der Waals surface area (Å²) >= 11 is 0. The van der Waals surface area contributed by atoms with Crippen molar-refractivity contribution in [3.8, 4) is 0 Å². The molecule has 4 fully saturated rings. The number of fused-ring (bicyclic) bond motifs is 13. The van der Waals surface area contributed by atoms with E-state index in [0.717, 1.165) is 77.5 Å². The quantitative estimate of drug-likeness (QED) is 0.0400. The summed E-state index contributed by atoms with van der Waals surface area (Å²) in [6, 6.07) is 70.1. The second-order valence-electron chi connectivity index (χ2n) is 31.7. The molecule has 0 N–H and O–H groups in total. The Kier molecular flexibility index (Phi) is 18.0. The summed E-state index contributed by atoms with van der Waals surface area (Å²) in [6.45, 7) is 14.0. The lowest BCUT2D eigenvalue weighted by molar-refractivity contribution is -0.310. The van der Waals surface area contributed by atoms with Gasteiger partial charge in [0.2, 0.25) is 0 Å². The summed E-state index contributed by atoms with van der Waals surface area (Å²) in [7, 11) is 0. The lowest BCUT2D eigenvalue weighted by Crippen LogP contribution is -2.63. The summed E-state index contributed by atoms with van der Waals surface area (Å²) < 4.78 is 42.5. The number of benzene rings is 12. The molecule has 12 aromatic carbocycles. The van der Waals surface area contributed by atoms with Crippen molar-refractivity contribution in [3.05, 3.63) is 264 Å². The smallest absolute Gasteiger partial charge is 0.339 e. The number of carbonyl (C=O) groups is 4. The molecule has 1 aliphatic heterocycles. The van der Waals surface area contributed by atoms with Gasteiger partial charge in [-0.25, -0.2) is 19.2 Å². The van der Waals surface area contributed by atoms with Crippen molar-refractivity contribution >= 4 is 110 Å². The predicted molar refractivity (Wildman–Crippen MR) is 419 cm³/mol. The van der Waals surface area contributed by atoms with Crippen molar-refractivity contribution in [3.63, 3.8) is 0 Å². The van der Waals surface area contributed by atoms with Gasteiger partial charge in [-0.1, -0.05) is 204 Å². The van der Waals surface area contributed by atoms with Gasteiger partial charge < -0.3 is 28.4 Å². The average Bonchev–Trinajstić information content (AvgIpc) is 1.67. The van der Waals surface area contributed by atoms with Crippen molar-refractivity contribution in [2.24, 2.45) is 46.3 Å². The van der Waals surface area contributed by atoms with E-state index in [-0.39, 0.29) is 22.1 Å². The maximum atomic E-state index is 16.0. The second kappa shape index (κ2) is 27.8. The van der Waals surface area contributed by atoms with Crippen LogP contribution < -0.4 is 0 Å². The Morgan fingerprint density at radius 3 is 1.36 bits per heavy atom. The molecule has 12 aromatic rings. The zero-order chi connectivity index (χ0) is 71.8. The molecule has 0 spiro atoms. The van der Waals surface area contributed by atoms with Crippen LogP contribution >= 0.6 is 0 Å². The maximum Gasteiger partial charge on any atom is 0.339 e. The van der Waals surface area contributed by atoms with Gasteiger partial charge in [-0.3, -0.25) is 0 Å². The monoisotopic (exact) mass is 1390 g/mol. The van der Waals surface area contributed by atoms with Gasteiger partial charge in [-0.2, -0.15) is 0 Å². The van der Waals surface area contributed by atoms with Crippen molar-refractivity contribution in [2.45, 2.75) is 143 Å². The van der Waals surface area contributed by atoms with Crippen molar-refractivity contribution in [1.82, 2.24) is 0 Å². The molecule has 4 aliphatic carbocycles. The van der Waals surface area contributed by atoms with E-state index in [1.165, 1.54) is 44.1 Å². The zero-order valence-electron chi connectivity index (χ0n) is 60.7. The Morgan fingerprint density at radius 2 is 0.905 bits per heavy atom. The molecule has 13 atom stereocenters. The Hall–Kier alpha value is -10.0. The Bertz CT molecular complexity index is 5510. The van der Waals surface area contributed by atoms with Gasteiger partial charge in [0, 0.05) is 0 Å². The van der Waals surface area contributed by atoms with E-state index < -0.39 is 67.3 Å². The first kappa shape index (κ1) is 68.1. The molecular formula is C95H90O10. The van der Waals surface area contributed by atoms with Gasteiger partial charge in [0.15, 0.2) is 24.6 Å². The maximum absolute atomic E-state index is 16.0. The molecule has 530 valence electrons. The first-order chi connectivity index (χ1) is 51.1. The van der Waals surface area contributed by atoms with E-state index in [4.69, 9.17) is 28.4 Å². The minimum atomic E-state index is -1.66. The highest BCUT2D eigenvalue weighted by atomic mass is 16.7. The number of hydrogen-bond acceptors (Lipinski definition) is 10. The van der Waals surface area contributed by atoms with Crippen LogP contribution in [0.2, 0.25) is 0 Å². The molecule has 105 heavy (non-hydrogen) atoms. The highest BCUT2D eigenvalue weighted by molar-refractivity contribution is 6.12. The molecule has 17 rings (SSSR count). The standard InChI is InChI=1S/C95H90O10/c1-7-58(56(2)3)37-36-57(4)82-40-41-83-77-39-38-71-54-72(42-44-94(71,5)84(77)43-45-95(82,83)6)101-93-88(105-92(99)76-35-19-31-70-49-62-23-11-15-27-66(62)53-81(70)76)87(104-91(98)75-34-18-30-69-48-61-22-10-14-26-65(61)52-80(69)75)86(103-90(97)74-33-17-29-68-47-60-21-9-13-25-64(60)51-79(68)74)85(102-93)55-100-89(96)73-32-16-28-67-46-59-20-8-12-24-63(59)50-78(67)73/h7-35,38,46-53,56-57,72,77,82-88,93H,36-37,39-45,54-55H2,1-6H3/b58-7-/t57-,72+,77+,82-,83+,84+,85-,86-,87+,88-,93-,94+,95-/m1/s1. The number of ether oxygens (including phenoxy) is 6. The molecule has 5 aliphatic rings. The largest absolute Gasteiger partial charge is 0.459 e. The Labute approximate surface area is 613 Å². The summed E-state index contributed by atoms with van der Waals surface area (Å²) in [4.78, 5) is 62.9. The number of esters is 4. The second-order valence-corrected chi connectivity index (χ2v) is 31.7. The van der Waals surface area contributed by atoms with E-state index in [1.807, 2.05) is 182 Å². The topological polar surface area (TPSA) is 124 Å². The van der Waals surface area contributed by atoms with E-state index in [1.54, 1.807) is 29.8 Å². The summed E-state index contributed by atoms with van der Waals surface area (Å²) in [6.07, 6.45) is 7.25. The highest BCUT2D eigenvalue weighted by Crippen LogP contribution is 2.68. The van der Waals surface area contributed by atoms with Gasteiger partial charge in [0.05, 0.1) is 28.4 Å². The number of hydrogen-bond donors (Lipinski definition) is 0. The normalized spacial score (nSPS) is 25.6. The van der Waals surface area contributed by atoms with Crippen LogP contribution in [0, 0.1) is 46.3 Å². The van der Waals surface area contributed by atoms with Crippen molar-refractivity contribution in [1.29, 1.82) is 0 Å². The zero-order valence-corrected chi connectivity index (χ0v) is 60.7. The van der Waals surface area contributed by atoms with E-state index in [2.05, 4.69) is 65.8 Å². The molecule has 0 aromatic heterocycles. The van der Waals surface area contributed by atoms with Crippen LogP contribution in [-0.2, 0) is 28.4 Å². The van der Waals surface area contributed by atoms with Crippen LogP contribution in [0.3, 0.4) is 0 Å². The summed E-state index contributed by atoms with van der Waals surface area (Å²) in [5.74, 6) is 0.773. The average molecular weight is 1390 g/mol. The molecule has 1 heterocycles. The molecule has 10 nitrogen and oxygen atoms in total. The first-order valence-electron chi connectivity index (χ1n) is 38.2. The number of allylic oxidation sites excluding steroid dienone is 3. The van der Waals surface area contributed by atoms with Crippen molar-refractivity contribution < 1.29 is 47.6 Å². The molecule has 1 saturated heterocycles. The van der Waals surface area contributed by atoms with Crippen LogP contribution in [0.15, 0.2) is 242 Å². The lowest BCUT2D eigenvalue weighted by Gasteiger charge is -2.58. The summed E-state index contributed by atoms with van der Waals surface area (Å²) in [5.41, 5.74) is 4.22. The molecular weight excluding hydrogens is 1300 g/mol. The molecule has 0 amide bonds. The van der Waals surface area contributed by atoms with E-state index in [9.17, 15) is 0 Å². The first-order valence-corrected chi connectivity index (χ1v) is 38.2. The minimum absolute atomic E-state index is 0.0661.